The van der Waals surface area contributed by atoms with Crippen molar-refractivity contribution in [2.75, 3.05) is 18.5 Å². The molecule has 1 N–H and O–H groups in total. The van der Waals surface area contributed by atoms with E-state index in [0.29, 0.717) is 13.0 Å². The van der Waals surface area contributed by atoms with Crippen LogP contribution in [0.2, 0.25) is 0 Å². The Labute approximate surface area is 105 Å². The predicted octanol–water partition coefficient (Wildman–Crippen LogP) is 1.93. The first-order valence-corrected chi connectivity index (χ1v) is 5.81. The second-order valence-corrected chi connectivity index (χ2v) is 4.13. The third kappa shape index (κ3) is 2.74. The molecule has 0 atom stereocenters. The number of hydrogen-bond acceptors (Lipinski definition) is 4. The van der Waals surface area contributed by atoms with Crippen molar-refractivity contribution in [3.05, 3.63) is 30.6 Å². The van der Waals surface area contributed by atoms with E-state index in [4.69, 9.17) is 5.11 Å². The van der Waals surface area contributed by atoms with Gasteiger partial charge in [0.15, 0.2) is 0 Å². The zero-order valence-corrected chi connectivity index (χ0v) is 10.2. The smallest absolute Gasteiger partial charge is 0.303 e. The van der Waals surface area contributed by atoms with Crippen molar-refractivity contribution < 1.29 is 9.90 Å². The molecular weight excluding hydrogens is 230 g/mol. The summed E-state index contributed by atoms with van der Waals surface area (Å²) in [7, 11) is 1.91. The van der Waals surface area contributed by atoms with Gasteiger partial charge < -0.3 is 10.0 Å². The van der Waals surface area contributed by atoms with E-state index in [1.807, 2.05) is 36.2 Å². The Morgan fingerprint density at radius 2 is 2.11 bits per heavy atom. The predicted molar refractivity (Wildman–Crippen MR) is 69.7 cm³/mol. The number of benzene rings is 1. The first kappa shape index (κ1) is 12.3. The Hall–Kier alpha value is -2.17. The van der Waals surface area contributed by atoms with Crippen molar-refractivity contribution in [2.24, 2.45) is 0 Å². The van der Waals surface area contributed by atoms with Crippen LogP contribution in [-0.4, -0.2) is 34.6 Å². The summed E-state index contributed by atoms with van der Waals surface area (Å²) in [5, 5.41) is 9.61. The number of aliphatic carboxylic acids is 1. The first-order valence-electron chi connectivity index (χ1n) is 5.81. The van der Waals surface area contributed by atoms with Crippen LogP contribution in [0.15, 0.2) is 30.6 Å². The van der Waals surface area contributed by atoms with Crippen molar-refractivity contribution in [2.45, 2.75) is 12.8 Å². The summed E-state index contributed by atoms with van der Waals surface area (Å²) in [4.78, 5) is 20.9. The van der Waals surface area contributed by atoms with Crippen LogP contribution in [0.1, 0.15) is 12.8 Å². The van der Waals surface area contributed by atoms with Gasteiger partial charge in [-0.15, -0.1) is 0 Å². The number of carbonyl (C=O) groups is 1. The molecule has 94 valence electrons. The molecule has 2 rings (SSSR count). The van der Waals surface area contributed by atoms with Crippen molar-refractivity contribution in [3.63, 3.8) is 0 Å². The van der Waals surface area contributed by atoms with Crippen molar-refractivity contribution >= 4 is 22.7 Å². The third-order valence-corrected chi connectivity index (χ3v) is 2.77. The van der Waals surface area contributed by atoms with Gasteiger partial charge in [0.1, 0.15) is 12.1 Å². The Balaban J connectivity index is 2.17. The van der Waals surface area contributed by atoms with E-state index in [1.54, 1.807) is 0 Å². The number of aromatic nitrogens is 2. The lowest BCUT2D eigenvalue weighted by Gasteiger charge is -2.18. The van der Waals surface area contributed by atoms with Gasteiger partial charge in [-0.05, 0) is 18.6 Å². The molecule has 0 amide bonds. The fourth-order valence-electron chi connectivity index (χ4n) is 1.87. The lowest BCUT2D eigenvalue weighted by molar-refractivity contribution is -0.137. The van der Waals surface area contributed by atoms with Gasteiger partial charge in [0.25, 0.3) is 0 Å². The van der Waals surface area contributed by atoms with E-state index in [1.165, 1.54) is 6.33 Å². The van der Waals surface area contributed by atoms with E-state index in [0.717, 1.165) is 16.7 Å². The van der Waals surface area contributed by atoms with Gasteiger partial charge in [0.2, 0.25) is 0 Å². The van der Waals surface area contributed by atoms with E-state index in [-0.39, 0.29) is 6.42 Å². The maximum absolute atomic E-state index is 10.5. The van der Waals surface area contributed by atoms with Crippen LogP contribution < -0.4 is 4.90 Å². The second-order valence-electron chi connectivity index (χ2n) is 4.13. The molecule has 0 saturated carbocycles. The molecule has 0 unspecified atom stereocenters. The lowest BCUT2D eigenvalue weighted by atomic mass is 10.2. The van der Waals surface area contributed by atoms with Crippen LogP contribution in [-0.2, 0) is 4.79 Å². The highest BCUT2D eigenvalue weighted by atomic mass is 16.4. The maximum Gasteiger partial charge on any atom is 0.303 e. The number of hydrogen-bond donors (Lipinski definition) is 1. The molecule has 0 aliphatic heterocycles. The number of fused-ring (bicyclic) bond motifs is 1. The van der Waals surface area contributed by atoms with Gasteiger partial charge in [0.05, 0.1) is 5.52 Å². The van der Waals surface area contributed by atoms with Gasteiger partial charge in [-0.25, -0.2) is 9.97 Å². The van der Waals surface area contributed by atoms with Crippen LogP contribution in [0.4, 0.5) is 5.82 Å². The molecule has 0 radical (unpaired) electrons. The quantitative estimate of drug-likeness (QED) is 0.871. The summed E-state index contributed by atoms with van der Waals surface area (Å²) in [6.07, 6.45) is 2.31. The number of carboxylic acid groups (broad SMARTS) is 1. The molecular formula is C13H15N3O2. The summed E-state index contributed by atoms with van der Waals surface area (Å²) in [6, 6.07) is 7.79. The molecule has 0 aliphatic carbocycles. The van der Waals surface area contributed by atoms with Crippen LogP contribution >= 0.6 is 0 Å². The van der Waals surface area contributed by atoms with Crippen LogP contribution in [0.5, 0.6) is 0 Å². The van der Waals surface area contributed by atoms with Gasteiger partial charge in [-0.2, -0.15) is 0 Å². The molecule has 0 bridgehead atoms. The number of anilines is 1. The minimum Gasteiger partial charge on any atom is -0.481 e. The molecule has 0 fully saturated rings. The number of carboxylic acids is 1. The summed E-state index contributed by atoms with van der Waals surface area (Å²) in [5.41, 5.74) is 0.896. The van der Waals surface area contributed by atoms with Gasteiger partial charge in [-0.3, -0.25) is 4.79 Å². The normalized spacial score (nSPS) is 10.5. The minimum atomic E-state index is -0.768. The SMILES string of the molecule is CN(CCCC(=O)O)c1ncnc2ccccc12. The highest BCUT2D eigenvalue weighted by Gasteiger charge is 2.08. The summed E-state index contributed by atoms with van der Waals surface area (Å²) < 4.78 is 0. The summed E-state index contributed by atoms with van der Waals surface area (Å²) >= 11 is 0. The van der Waals surface area contributed by atoms with Gasteiger partial charge in [-0.1, -0.05) is 12.1 Å². The van der Waals surface area contributed by atoms with Crippen LogP contribution in [0, 0.1) is 0 Å². The standard InChI is InChI=1S/C13H15N3O2/c1-16(8-4-7-12(17)18)13-10-5-2-3-6-11(10)14-9-15-13/h2-3,5-6,9H,4,7-8H2,1H3,(H,17,18). The van der Waals surface area contributed by atoms with Crippen LogP contribution in [0.3, 0.4) is 0 Å². The van der Waals surface area contributed by atoms with E-state index in [9.17, 15) is 4.79 Å². The molecule has 0 saturated heterocycles. The van der Waals surface area contributed by atoms with Crippen LogP contribution in [0.25, 0.3) is 10.9 Å². The molecule has 2 aromatic rings. The molecule has 1 aromatic carbocycles. The van der Waals surface area contributed by atoms with Gasteiger partial charge in [0, 0.05) is 25.4 Å². The van der Waals surface area contributed by atoms with Gasteiger partial charge >= 0.3 is 5.97 Å². The molecule has 0 spiro atoms. The van der Waals surface area contributed by atoms with E-state index >= 15 is 0 Å². The Morgan fingerprint density at radius 1 is 1.33 bits per heavy atom. The molecule has 5 heteroatoms. The van der Waals surface area contributed by atoms with E-state index in [2.05, 4.69) is 9.97 Å². The van der Waals surface area contributed by atoms with E-state index < -0.39 is 5.97 Å². The Kier molecular flexibility index (Phi) is 3.72. The molecule has 18 heavy (non-hydrogen) atoms. The lowest BCUT2D eigenvalue weighted by Crippen LogP contribution is -2.20. The monoisotopic (exact) mass is 245 g/mol. The summed E-state index contributed by atoms with van der Waals surface area (Å²) in [6.45, 7) is 0.660. The highest BCUT2D eigenvalue weighted by molar-refractivity contribution is 5.89. The molecule has 0 aliphatic rings. The third-order valence-electron chi connectivity index (χ3n) is 2.77. The fourth-order valence-corrected chi connectivity index (χ4v) is 1.87. The number of para-hydroxylation sites is 1. The fraction of sp³-hybridized carbons (Fsp3) is 0.308. The molecule has 1 aromatic heterocycles. The molecule has 5 nitrogen and oxygen atoms in total. The number of rotatable bonds is 5. The minimum absolute atomic E-state index is 0.174. The summed E-state index contributed by atoms with van der Waals surface area (Å²) in [5.74, 6) is 0.0712. The Bertz CT molecular complexity index is 551. The van der Waals surface area contributed by atoms with Crippen molar-refractivity contribution in [1.82, 2.24) is 9.97 Å². The largest absolute Gasteiger partial charge is 0.481 e. The highest BCUT2D eigenvalue weighted by Crippen LogP contribution is 2.21. The van der Waals surface area contributed by atoms with Crippen molar-refractivity contribution in [3.8, 4) is 0 Å². The topological polar surface area (TPSA) is 66.3 Å². The number of nitrogens with zero attached hydrogens (tertiary/aromatic N) is 3. The maximum atomic E-state index is 10.5. The zero-order valence-electron chi connectivity index (χ0n) is 10.2. The Morgan fingerprint density at radius 3 is 2.89 bits per heavy atom. The van der Waals surface area contributed by atoms with Crippen molar-refractivity contribution in [1.29, 1.82) is 0 Å². The first-order chi connectivity index (χ1) is 8.68. The average molecular weight is 245 g/mol. The average Bonchev–Trinajstić information content (AvgIpc) is 2.37. The molecule has 1 heterocycles. The second kappa shape index (κ2) is 5.44. The zero-order chi connectivity index (χ0) is 13.0.